The number of rotatable bonds is 4. The van der Waals surface area contributed by atoms with E-state index in [0.717, 1.165) is 22.9 Å². The summed E-state index contributed by atoms with van der Waals surface area (Å²) in [4.78, 5) is 0. The largest absolute Gasteiger partial charge is 0.508 e. The number of hydrogen-bond acceptors (Lipinski definition) is 2. The van der Waals surface area contributed by atoms with Crippen molar-refractivity contribution in [2.24, 2.45) is 0 Å². The minimum absolute atomic E-state index is 0.360. The molecular formula is C16H19NO. The Morgan fingerprint density at radius 3 is 2.72 bits per heavy atom. The van der Waals surface area contributed by atoms with Crippen molar-refractivity contribution in [1.29, 1.82) is 0 Å². The molecular weight excluding hydrogens is 222 g/mol. The van der Waals surface area contributed by atoms with Crippen molar-refractivity contribution in [1.82, 2.24) is 5.32 Å². The fourth-order valence-corrected chi connectivity index (χ4v) is 1.98. The van der Waals surface area contributed by atoms with Gasteiger partial charge in [-0.3, -0.25) is 0 Å². The van der Waals surface area contributed by atoms with E-state index in [9.17, 15) is 5.11 Å². The normalized spacial score (nSPS) is 10.6. The Morgan fingerprint density at radius 1 is 1.17 bits per heavy atom. The fourth-order valence-electron chi connectivity index (χ4n) is 1.98. The first kappa shape index (κ1) is 12.7. The number of phenolic OH excluding ortho intramolecular Hbond substituents is 1. The number of aromatic hydroxyl groups is 1. The predicted octanol–water partition coefficient (Wildman–Crippen LogP) is 3.60. The van der Waals surface area contributed by atoms with Crippen LogP contribution in [0.25, 0.3) is 10.8 Å². The molecule has 2 rings (SSSR count). The van der Waals surface area contributed by atoms with Gasteiger partial charge >= 0.3 is 0 Å². The van der Waals surface area contributed by atoms with Gasteiger partial charge in [-0.25, -0.2) is 0 Å². The first-order valence-corrected chi connectivity index (χ1v) is 6.22. The summed E-state index contributed by atoms with van der Waals surface area (Å²) in [6, 6.07) is 11.8. The van der Waals surface area contributed by atoms with Gasteiger partial charge in [0.1, 0.15) is 5.75 Å². The molecule has 2 N–H and O–H groups in total. The molecule has 0 atom stereocenters. The van der Waals surface area contributed by atoms with Gasteiger partial charge in [-0.2, -0.15) is 0 Å². The van der Waals surface area contributed by atoms with Crippen LogP contribution in [0.15, 0.2) is 48.0 Å². The minimum Gasteiger partial charge on any atom is -0.508 e. The second kappa shape index (κ2) is 5.69. The average molecular weight is 241 g/mol. The highest BCUT2D eigenvalue weighted by atomic mass is 16.3. The third-order valence-electron chi connectivity index (χ3n) is 2.97. The second-order valence-electron chi connectivity index (χ2n) is 4.70. The Bertz CT molecular complexity index is 568. The van der Waals surface area contributed by atoms with Crippen LogP contribution in [0.4, 0.5) is 0 Å². The third kappa shape index (κ3) is 2.90. The number of hydrogen-bond donors (Lipinski definition) is 2. The molecule has 0 unspecified atom stereocenters. The van der Waals surface area contributed by atoms with E-state index in [1.807, 2.05) is 24.3 Å². The Hall–Kier alpha value is -1.80. The molecule has 0 radical (unpaired) electrons. The van der Waals surface area contributed by atoms with Crippen LogP contribution in [0.1, 0.15) is 19.4 Å². The summed E-state index contributed by atoms with van der Waals surface area (Å²) in [7, 11) is 0. The Labute approximate surface area is 108 Å². The van der Waals surface area contributed by atoms with Crippen LogP contribution in [-0.4, -0.2) is 11.7 Å². The lowest BCUT2D eigenvalue weighted by atomic mass is 10.0. The molecule has 18 heavy (non-hydrogen) atoms. The van der Waals surface area contributed by atoms with Crippen molar-refractivity contribution in [3.05, 3.63) is 53.6 Å². The van der Waals surface area contributed by atoms with Crippen LogP contribution in [0, 0.1) is 0 Å². The van der Waals surface area contributed by atoms with E-state index in [4.69, 9.17) is 0 Å². The lowest BCUT2D eigenvalue weighted by molar-refractivity contribution is 0.467. The van der Waals surface area contributed by atoms with Gasteiger partial charge in [0.25, 0.3) is 0 Å². The van der Waals surface area contributed by atoms with Gasteiger partial charge < -0.3 is 10.4 Å². The van der Waals surface area contributed by atoms with E-state index in [0.29, 0.717) is 12.3 Å². The van der Waals surface area contributed by atoms with E-state index in [2.05, 4.69) is 31.3 Å². The monoisotopic (exact) mass is 241 g/mol. The summed E-state index contributed by atoms with van der Waals surface area (Å²) in [6.45, 7) is 5.66. The molecule has 0 aliphatic rings. The third-order valence-corrected chi connectivity index (χ3v) is 2.97. The maximum Gasteiger partial charge on any atom is 0.120 e. The topological polar surface area (TPSA) is 32.3 Å². The number of phenols is 1. The molecule has 2 aromatic carbocycles. The predicted molar refractivity (Wildman–Crippen MR) is 76.8 cm³/mol. The molecule has 0 aliphatic carbocycles. The van der Waals surface area contributed by atoms with Gasteiger partial charge in [0.05, 0.1) is 0 Å². The van der Waals surface area contributed by atoms with E-state index < -0.39 is 0 Å². The summed E-state index contributed by atoms with van der Waals surface area (Å²) in [6.07, 6.45) is 2.14. The molecule has 0 bridgehead atoms. The maximum absolute atomic E-state index is 9.96. The second-order valence-corrected chi connectivity index (χ2v) is 4.70. The van der Waals surface area contributed by atoms with Crippen LogP contribution in [0.2, 0.25) is 0 Å². The standard InChI is InChI=1S/C16H19NO/c1-12(2)9-10-17-11-15-14-6-4-3-5-13(14)7-8-16(15)18/h3-9,17-18H,10-11H2,1-2H3. The van der Waals surface area contributed by atoms with Crippen LogP contribution >= 0.6 is 0 Å². The smallest absolute Gasteiger partial charge is 0.120 e. The van der Waals surface area contributed by atoms with Crippen LogP contribution < -0.4 is 5.32 Å². The van der Waals surface area contributed by atoms with E-state index in [1.165, 1.54) is 5.57 Å². The first-order valence-electron chi connectivity index (χ1n) is 6.22. The molecule has 0 heterocycles. The lowest BCUT2D eigenvalue weighted by Crippen LogP contribution is -2.13. The molecule has 2 nitrogen and oxygen atoms in total. The zero-order valence-electron chi connectivity index (χ0n) is 10.9. The zero-order valence-corrected chi connectivity index (χ0v) is 10.9. The number of allylic oxidation sites excluding steroid dienone is 1. The molecule has 0 spiro atoms. The Kier molecular flexibility index (Phi) is 4.00. The molecule has 0 aliphatic heterocycles. The fraction of sp³-hybridized carbons (Fsp3) is 0.250. The van der Waals surface area contributed by atoms with Crippen molar-refractivity contribution in [3.8, 4) is 5.75 Å². The van der Waals surface area contributed by atoms with Gasteiger partial charge in [0, 0.05) is 18.7 Å². The number of fused-ring (bicyclic) bond motifs is 1. The maximum atomic E-state index is 9.96. The van der Waals surface area contributed by atoms with Crippen LogP contribution in [0.5, 0.6) is 5.75 Å². The zero-order chi connectivity index (χ0) is 13.0. The van der Waals surface area contributed by atoms with Crippen molar-refractivity contribution < 1.29 is 5.11 Å². The van der Waals surface area contributed by atoms with Crippen LogP contribution in [0.3, 0.4) is 0 Å². The van der Waals surface area contributed by atoms with Crippen molar-refractivity contribution in [2.75, 3.05) is 6.54 Å². The molecule has 0 saturated carbocycles. The van der Waals surface area contributed by atoms with Crippen molar-refractivity contribution >= 4 is 10.8 Å². The average Bonchev–Trinajstić information content (AvgIpc) is 2.36. The highest BCUT2D eigenvalue weighted by Gasteiger charge is 2.05. The van der Waals surface area contributed by atoms with Gasteiger partial charge in [0.2, 0.25) is 0 Å². The number of benzene rings is 2. The van der Waals surface area contributed by atoms with E-state index in [1.54, 1.807) is 6.07 Å². The molecule has 0 fully saturated rings. The summed E-state index contributed by atoms with van der Waals surface area (Å²) in [5, 5.41) is 15.6. The molecule has 94 valence electrons. The molecule has 0 aromatic heterocycles. The summed E-state index contributed by atoms with van der Waals surface area (Å²) < 4.78 is 0. The van der Waals surface area contributed by atoms with E-state index >= 15 is 0 Å². The van der Waals surface area contributed by atoms with Crippen LogP contribution in [-0.2, 0) is 6.54 Å². The summed E-state index contributed by atoms with van der Waals surface area (Å²) in [5.41, 5.74) is 2.26. The van der Waals surface area contributed by atoms with Gasteiger partial charge in [-0.15, -0.1) is 0 Å². The molecule has 0 saturated heterocycles. The molecule has 2 aromatic rings. The SMILES string of the molecule is CC(C)=CCNCc1c(O)ccc2ccccc12. The summed E-state index contributed by atoms with van der Waals surface area (Å²) >= 11 is 0. The van der Waals surface area contributed by atoms with E-state index in [-0.39, 0.29) is 0 Å². The summed E-state index contributed by atoms with van der Waals surface area (Å²) in [5.74, 6) is 0.360. The Balaban J connectivity index is 2.21. The highest BCUT2D eigenvalue weighted by molar-refractivity contribution is 5.87. The highest BCUT2D eigenvalue weighted by Crippen LogP contribution is 2.26. The molecule has 0 amide bonds. The van der Waals surface area contributed by atoms with Gasteiger partial charge in [-0.1, -0.05) is 42.0 Å². The number of nitrogens with one attached hydrogen (secondary N) is 1. The van der Waals surface area contributed by atoms with Crippen molar-refractivity contribution in [2.45, 2.75) is 20.4 Å². The quantitative estimate of drug-likeness (QED) is 0.633. The first-order chi connectivity index (χ1) is 8.68. The molecule has 2 heteroatoms. The Morgan fingerprint density at radius 2 is 1.94 bits per heavy atom. The lowest BCUT2D eigenvalue weighted by Gasteiger charge is -2.09. The van der Waals surface area contributed by atoms with Crippen molar-refractivity contribution in [3.63, 3.8) is 0 Å². The minimum atomic E-state index is 0.360. The van der Waals surface area contributed by atoms with Gasteiger partial charge in [-0.05, 0) is 30.7 Å². The van der Waals surface area contributed by atoms with Gasteiger partial charge in [0.15, 0.2) is 0 Å².